The lowest BCUT2D eigenvalue weighted by atomic mass is 10.1. The lowest BCUT2D eigenvalue weighted by Gasteiger charge is -2.26. The molecule has 4 heteroatoms. The molecular formula is C17H28N2O2. The Hall–Kier alpha value is -1.10. The van der Waals surface area contributed by atoms with E-state index < -0.39 is 0 Å². The van der Waals surface area contributed by atoms with Crippen molar-refractivity contribution in [3.05, 3.63) is 29.3 Å². The van der Waals surface area contributed by atoms with Crippen molar-refractivity contribution in [2.45, 2.75) is 32.4 Å². The third-order valence-corrected chi connectivity index (χ3v) is 3.91. The first-order valence-electron chi connectivity index (χ1n) is 7.81. The van der Waals surface area contributed by atoms with Crippen LogP contribution in [-0.4, -0.2) is 46.6 Å². The first-order chi connectivity index (χ1) is 10.3. The molecule has 2 rings (SSSR count). The van der Waals surface area contributed by atoms with E-state index in [1.165, 1.54) is 29.7 Å². The minimum atomic E-state index is 0.713. The van der Waals surface area contributed by atoms with Gasteiger partial charge in [-0.2, -0.15) is 0 Å². The van der Waals surface area contributed by atoms with Crippen LogP contribution >= 0.6 is 0 Å². The highest BCUT2D eigenvalue weighted by Gasteiger charge is 2.29. The van der Waals surface area contributed by atoms with Crippen LogP contribution < -0.4 is 10.2 Å². The fraction of sp³-hybridized carbons (Fsp3) is 0.647. The van der Waals surface area contributed by atoms with Crippen LogP contribution in [0.15, 0.2) is 18.2 Å². The third-order valence-electron chi connectivity index (χ3n) is 3.91. The molecule has 1 aromatic rings. The summed E-state index contributed by atoms with van der Waals surface area (Å²) in [4.78, 5) is 2.50. The van der Waals surface area contributed by atoms with Gasteiger partial charge in [0.1, 0.15) is 0 Å². The summed E-state index contributed by atoms with van der Waals surface area (Å²) in [6.07, 6.45) is 2.62. The lowest BCUT2D eigenvalue weighted by Crippen LogP contribution is -2.30. The van der Waals surface area contributed by atoms with Crippen molar-refractivity contribution >= 4 is 5.69 Å². The van der Waals surface area contributed by atoms with Crippen molar-refractivity contribution < 1.29 is 9.47 Å². The van der Waals surface area contributed by atoms with Gasteiger partial charge < -0.3 is 19.7 Å². The minimum absolute atomic E-state index is 0.713. The molecule has 1 fully saturated rings. The number of nitrogens with one attached hydrogen (secondary N) is 1. The molecular weight excluding hydrogens is 264 g/mol. The molecule has 1 saturated carbocycles. The summed E-state index contributed by atoms with van der Waals surface area (Å²) in [5.74, 6) is 0. The van der Waals surface area contributed by atoms with Gasteiger partial charge in [0.05, 0.1) is 13.2 Å². The summed E-state index contributed by atoms with van der Waals surface area (Å²) in [5, 5.41) is 3.39. The van der Waals surface area contributed by atoms with Gasteiger partial charge in [0.15, 0.2) is 0 Å². The largest absolute Gasteiger partial charge is 0.383 e. The standard InChI is InChI=1S/C17H28N2O2/c1-14-12-15(13-18-8-10-20-2)4-7-17(14)19(9-11-21-3)16-5-6-16/h4,7,12,16,18H,5-6,8-11,13H2,1-3H3. The highest BCUT2D eigenvalue weighted by molar-refractivity contribution is 5.56. The van der Waals surface area contributed by atoms with E-state index in [0.29, 0.717) is 6.04 Å². The SMILES string of the molecule is COCCNCc1ccc(N(CCOC)C2CC2)c(C)c1. The van der Waals surface area contributed by atoms with Crippen LogP contribution in [0.2, 0.25) is 0 Å². The summed E-state index contributed by atoms with van der Waals surface area (Å²) in [6.45, 7) is 6.51. The van der Waals surface area contributed by atoms with Crippen LogP contribution in [0.5, 0.6) is 0 Å². The molecule has 0 aromatic heterocycles. The maximum Gasteiger partial charge on any atom is 0.0637 e. The van der Waals surface area contributed by atoms with Gasteiger partial charge in [-0.15, -0.1) is 0 Å². The van der Waals surface area contributed by atoms with Crippen molar-refractivity contribution in [3.63, 3.8) is 0 Å². The second-order valence-corrected chi connectivity index (χ2v) is 5.71. The smallest absolute Gasteiger partial charge is 0.0637 e. The fourth-order valence-corrected chi connectivity index (χ4v) is 2.63. The van der Waals surface area contributed by atoms with E-state index in [1.54, 1.807) is 14.2 Å². The van der Waals surface area contributed by atoms with Crippen molar-refractivity contribution in [3.8, 4) is 0 Å². The van der Waals surface area contributed by atoms with Crippen LogP contribution in [0.4, 0.5) is 5.69 Å². The Balaban J connectivity index is 1.96. The highest BCUT2D eigenvalue weighted by Crippen LogP contribution is 2.33. The molecule has 0 saturated heterocycles. The maximum absolute atomic E-state index is 5.25. The number of hydrogen-bond acceptors (Lipinski definition) is 4. The number of rotatable bonds is 10. The summed E-state index contributed by atoms with van der Waals surface area (Å²) >= 11 is 0. The van der Waals surface area contributed by atoms with E-state index in [9.17, 15) is 0 Å². The molecule has 0 spiro atoms. The average Bonchev–Trinajstić information content (AvgIpc) is 3.30. The Morgan fingerprint density at radius 2 is 1.95 bits per heavy atom. The zero-order chi connectivity index (χ0) is 15.1. The van der Waals surface area contributed by atoms with Crippen LogP contribution in [0.1, 0.15) is 24.0 Å². The predicted molar refractivity (Wildman–Crippen MR) is 87.0 cm³/mol. The number of benzene rings is 1. The molecule has 21 heavy (non-hydrogen) atoms. The van der Waals surface area contributed by atoms with Gasteiger partial charge in [-0.05, 0) is 37.0 Å². The topological polar surface area (TPSA) is 33.7 Å². The van der Waals surface area contributed by atoms with E-state index in [4.69, 9.17) is 9.47 Å². The number of methoxy groups -OCH3 is 2. The van der Waals surface area contributed by atoms with Crippen molar-refractivity contribution in [1.82, 2.24) is 5.32 Å². The van der Waals surface area contributed by atoms with Gasteiger partial charge in [-0.3, -0.25) is 0 Å². The van der Waals surface area contributed by atoms with Crippen LogP contribution in [0.3, 0.4) is 0 Å². The number of hydrogen-bond donors (Lipinski definition) is 1. The number of ether oxygens (including phenoxy) is 2. The van der Waals surface area contributed by atoms with Gasteiger partial charge in [0.2, 0.25) is 0 Å². The molecule has 118 valence electrons. The Labute approximate surface area is 128 Å². The van der Waals surface area contributed by atoms with E-state index in [0.717, 1.165) is 32.8 Å². The first kappa shape index (κ1) is 16.3. The van der Waals surface area contributed by atoms with Gasteiger partial charge in [-0.1, -0.05) is 12.1 Å². The van der Waals surface area contributed by atoms with Gasteiger partial charge in [-0.25, -0.2) is 0 Å². The highest BCUT2D eigenvalue weighted by atomic mass is 16.5. The molecule has 0 amide bonds. The third kappa shape index (κ3) is 4.99. The number of nitrogens with zero attached hydrogens (tertiary/aromatic N) is 1. The van der Waals surface area contributed by atoms with Gasteiger partial charge in [0.25, 0.3) is 0 Å². The van der Waals surface area contributed by atoms with Crippen LogP contribution in [0.25, 0.3) is 0 Å². The maximum atomic E-state index is 5.25. The van der Waals surface area contributed by atoms with Crippen molar-refractivity contribution in [2.24, 2.45) is 0 Å². The predicted octanol–water partition coefficient (Wildman–Crippen LogP) is 2.35. The molecule has 4 nitrogen and oxygen atoms in total. The molecule has 0 aliphatic heterocycles. The molecule has 1 aromatic carbocycles. The summed E-state index contributed by atoms with van der Waals surface area (Å²) < 4.78 is 10.3. The number of anilines is 1. The Bertz CT molecular complexity index is 433. The molecule has 0 atom stereocenters. The minimum Gasteiger partial charge on any atom is -0.383 e. The second-order valence-electron chi connectivity index (χ2n) is 5.71. The second kappa shape index (κ2) is 8.37. The van der Waals surface area contributed by atoms with Crippen molar-refractivity contribution in [1.29, 1.82) is 0 Å². The molecule has 1 aliphatic carbocycles. The Kier molecular flexibility index (Phi) is 6.49. The zero-order valence-corrected chi connectivity index (χ0v) is 13.5. The normalized spacial score (nSPS) is 14.4. The zero-order valence-electron chi connectivity index (χ0n) is 13.5. The Morgan fingerprint density at radius 3 is 2.57 bits per heavy atom. The van der Waals surface area contributed by atoms with Gasteiger partial charge >= 0.3 is 0 Å². The fourth-order valence-electron chi connectivity index (χ4n) is 2.63. The molecule has 0 heterocycles. The van der Waals surface area contributed by atoms with E-state index in [-0.39, 0.29) is 0 Å². The lowest BCUT2D eigenvalue weighted by molar-refractivity contribution is 0.199. The molecule has 1 N–H and O–H groups in total. The van der Waals surface area contributed by atoms with Gasteiger partial charge in [0, 0.05) is 45.6 Å². The Morgan fingerprint density at radius 1 is 1.19 bits per heavy atom. The first-order valence-corrected chi connectivity index (χ1v) is 7.81. The average molecular weight is 292 g/mol. The summed E-state index contributed by atoms with van der Waals surface area (Å²) in [7, 11) is 3.50. The molecule has 0 bridgehead atoms. The van der Waals surface area contributed by atoms with Crippen LogP contribution in [-0.2, 0) is 16.0 Å². The molecule has 1 aliphatic rings. The van der Waals surface area contributed by atoms with Crippen LogP contribution in [0, 0.1) is 6.92 Å². The molecule has 0 unspecified atom stereocenters. The monoisotopic (exact) mass is 292 g/mol. The summed E-state index contributed by atoms with van der Waals surface area (Å²) in [6, 6.07) is 7.49. The summed E-state index contributed by atoms with van der Waals surface area (Å²) in [5.41, 5.74) is 4.04. The quantitative estimate of drug-likeness (QED) is 0.671. The number of aryl methyl sites for hydroxylation is 1. The van der Waals surface area contributed by atoms with E-state index >= 15 is 0 Å². The van der Waals surface area contributed by atoms with E-state index in [2.05, 4.69) is 35.3 Å². The van der Waals surface area contributed by atoms with Crippen molar-refractivity contribution in [2.75, 3.05) is 45.4 Å². The molecule has 0 radical (unpaired) electrons. The van der Waals surface area contributed by atoms with E-state index in [1.807, 2.05) is 0 Å².